The molecule has 0 saturated heterocycles. The number of hydrogen-bond donors (Lipinski definition) is 1. The molecule has 2 aromatic carbocycles. The van der Waals surface area contributed by atoms with Crippen molar-refractivity contribution in [1.82, 2.24) is 10.2 Å². The molecule has 39 heavy (non-hydrogen) atoms. The van der Waals surface area contributed by atoms with Gasteiger partial charge in [0.15, 0.2) is 11.5 Å². The van der Waals surface area contributed by atoms with Gasteiger partial charge in [0.1, 0.15) is 6.04 Å². The van der Waals surface area contributed by atoms with Gasteiger partial charge >= 0.3 is 0 Å². The van der Waals surface area contributed by atoms with Crippen molar-refractivity contribution in [3.8, 4) is 11.5 Å². The normalized spacial score (nSPS) is 14.0. The summed E-state index contributed by atoms with van der Waals surface area (Å²) >= 11 is 12.4. The van der Waals surface area contributed by atoms with Crippen LogP contribution in [-0.2, 0) is 26.2 Å². The number of fused-ring (bicyclic) bond motifs is 1. The summed E-state index contributed by atoms with van der Waals surface area (Å²) in [5.41, 5.74) is 1.07. The van der Waals surface area contributed by atoms with Gasteiger partial charge < -0.3 is 19.7 Å². The van der Waals surface area contributed by atoms with Crippen molar-refractivity contribution in [3.63, 3.8) is 0 Å². The van der Waals surface area contributed by atoms with Crippen molar-refractivity contribution >= 4 is 50.7 Å². The molecule has 0 aromatic heterocycles. The summed E-state index contributed by atoms with van der Waals surface area (Å²) in [6, 6.07) is 9.13. The Morgan fingerprint density at radius 1 is 1.05 bits per heavy atom. The minimum atomic E-state index is -3.64. The first kappa shape index (κ1) is 30.8. The molecule has 0 spiro atoms. The molecule has 12 heteroatoms. The van der Waals surface area contributed by atoms with E-state index in [9.17, 15) is 18.0 Å². The number of hydrogen-bond acceptors (Lipinski definition) is 6. The predicted octanol–water partition coefficient (Wildman–Crippen LogP) is 4.99. The van der Waals surface area contributed by atoms with Gasteiger partial charge in [-0.2, -0.15) is 0 Å². The minimum absolute atomic E-state index is 0.0227. The number of carbonyl (C=O) groups excluding carboxylic acids is 2. The van der Waals surface area contributed by atoms with E-state index < -0.39 is 16.1 Å². The van der Waals surface area contributed by atoms with E-state index in [0.717, 1.165) is 12.7 Å². The zero-order chi connectivity index (χ0) is 28.7. The molecule has 2 atom stereocenters. The lowest BCUT2D eigenvalue weighted by atomic mass is 10.1. The Labute approximate surface area is 240 Å². The van der Waals surface area contributed by atoms with E-state index in [1.165, 1.54) is 9.21 Å². The van der Waals surface area contributed by atoms with Gasteiger partial charge in [-0.3, -0.25) is 13.9 Å². The van der Waals surface area contributed by atoms with Gasteiger partial charge in [-0.1, -0.05) is 43.1 Å². The zero-order valence-electron chi connectivity index (χ0n) is 22.6. The van der Waals surface area contributed by atoms with Crippen LogP contribution in [0.3, 0.4) is 0 Å². The van der Waals surface area contributed by atoms with Crippen LogP contribution in [0.5, 0.6) is 11.5 Å². The number of nitrogens with one attached hydrogen (secondary N) is 1. The molecule has 214 valence electrons. The average Bonchev–Trinajstić information content (AvgIpc) is 3.34. The number of carbonyl (C=O) groups is 2. The molecule has 2 amide bonds. The lowest BCUT2D eigenvalue weighted by Crippen LogP contribution is -2.50. The summed E-state index contributed by atoms with van der Waals surface area (Å²) in [5, 5.41) is 3.82. The first-order valence-electron chi connectivity index (χ1n) is 12.9. The van der Waals surface area contributed by atoms with Crippen LogP contribution in [0, 0.1) is 0 Å². The van der Waals surface area contributed by atoms with Crippen molar-refractivity contribution in [3.05, 3.63) is 52.0 Å². The highest BCUT2D eigenvalue weighted by Crippen LogP contribution is 2.36. The maximum Gasteiger partial charge on any atom is 0.243 e. The summed E-state index contributed by atoms with van der Waals surface area (Å²) in [6.07, 6.45) is 2.51. The summed E-state index contributed by atoms with van der Waals surface area (Å²) in [7, 11) is -3.64. The molecule has 9 nitrogen and oxygen atoms in total. The number of anilines is 1. The highest BCUT2D eigenvalue weighted by Gasteiger charge is 2.30. The lowest BCUT2D eigenvalue weighted by molar-refractivity contribution is -0.141. The predicted molar refractivity (Wildman–Crippen MR) is 153 cm³/mol. The third-order valence-electron chi connectivity index (χ3n) is 6.54. The molecular weight excluding hydrogens is 565 g/mol. The van der Waals surface area contributed by atoms with Gasteiger partial charge in [-0.25, -0.2) is 8.42 Å². The number of nitrogens with zero attached hydrogens (tertiary/aromatic N) is 2. The van der Waals surface area contributed by atoms with Gasteiger partial charge in [0.05, 0.1) is 11.9 Å². The van der Waals surface area contributed by atoms with Crippen molar-refractivity contribution in [1.29, 1.82) is 0 Å². The molecule has 3 rings (SSSR count). The number of rotatable bonds is 13. The van der Waals surface area contributed by atoms with E-state index in [2.05, 4.69) is 5.32 Å². The molecule has 1 aliphatic rings. The highest BCUT2D eigenvalue weighted by atomic mass is 35.5. The van der Waals surface area contributed by atoms with Gasteiger partial charge in [0.2, 0.25) is 28.6 Å². The quantitative estimate of drug-likeness (QED) is 0.348. The minimum Gasteiger partial charge on any atom is -0.454 e. The first-order chi connectivity index (χ1) is 18.4. The molecule has 2 aromatic rings. The van der Waals surface area contributed by atoms with Crippen molar-refractivity contribution in [2.24, 2.45) is 0 Å². The van der Waals surface area contributed by atoms with E-state index in [0.29, 0.717) is 39.2 Å². The van der Waals surface area contributed by atoms with E-state index in [4.69, 9.17) is 32.7 Å². The Kier molecular flexibility index (Phi) is 10.7. The summed E-state index contributed by atoms with van der Waals surface area (Å²) < 4.78 is 37.1. The Hall–Kier alpha value is -2.69. The molecule has 0 aliphatic carbocycles. The third-order valence-corrected chi connectivity index (χ3v) is 8.32. The summed E-state index contributed by atoms with van der Waals surface area (Å²) in [5.74, 6) is 0.469. The molecule has 0 saturated carbocycles. The van der Waals surface area contributed by atoms with E-state index in [1.807, 2.05) is 20.8 Å². The van der Waals surface area contributed by atoms with Crippen molar-refractivity contribution < 1.29 is 27.5 Å². The van der Waals surface area contributed by atoms with Crippen molar-refractivity contribution in [2.75, 3.05) is 23.9 Å². The Balaban J connectivity index is 1.79. The Morgan fingerprint density at radius 3 is 2.41 bits per heavy atom. The molecule has 1 aliphatic heterocycles. The second-order valence-corrected chi connectivity index (χ2v) is 12.2. The van der Waals surface area contributed by atoms with E-state index in [1.54, 1.807) is 36.4 Å². The van der Waals surface area contributed by atoms with E-state index >= 15 is 0 Å². The number of ether oxygens (including phenoxy) is 2. The largest absolute Gasteiger partial charge is 0.454 e. The highest BCUT2D eigenvalue weighted by molar-refractivity contribution is 7.92. The van der Waals surface area contributed by atoms with Crippen LogP contribution in [0.25, 0.3) is 0 Å². The number of halogens is 2. The van der Waals surface area contributed by atoms with Gasteiger partial charge in [0, 0.05) is 41.7 Å². The SMILES string of the molecule is CCC(C)NC(=O)C(CC)N(Cc1ccc(Cl)cc1Cl)C(=O)CCCN(c1ccc2c(c1)OCO2)S(C)(=O)=O. The van der Waals surface area contributed by atoms with Crippen LogP contribution in [0.4, 0.5) is 5.69 Å². The topological polar surface area (TPSA) is 105 Å². The summed E-state index contributed by atoms with van der Waals surface area (Å²) in [6.45, 7) is 5.96. The molecule has 0 fully saturated rings. The fourth-order valence-corrected chi connectivity index (χ4v) is 5.66. The lowest BCUT2D eigenvalue weighted by Gasteiger charge is -2.32. The maximum absolute atomic E-state index is 13.6. The smallest absolute Gasteiger partial charge is 0.243 e. The Morgan fingerprint density at radius 2 is 1.77 bits per heavy atom. The Bertz CT molecular complexity index is 1290. The molecule has 2 unspecified atom stereocenters. The van der Waals surface area contributed by atoms with E-state index in [-0.39, 0.29) is 50.6 Å². The molecule has 0 bridgehead atoms. The van der Waals surface area contributed by atoms with Crippen molar-refractivity contribution in [2.45, 2.75) is 65.1 Å². The average molecular weight is 601 g/mol. The van der Waals surface area contributed by atoms with Gasteiger partial charge in [-0.15, -0.1) is 0 Å². The number of amides is 2. The van der Waals surface area contributed by atoms with Crippen LogP contribution in [0.15, 0.2) is 36.4 Å². The maximum atomic E-state index is 13.6. The zero-order valence-corrected chi connectivity index (χ0v) is 24.9. The van der Waals surface area contributed by atoms with Crippen LogP contribution < -0.4 is 19.1 Å². The molecule has 1 N–H and O–H groups in total. The molecule has 1 heterocycles. The summed E-state index contributed by atoms with van der Waals surface area (Å²) in [4.78, 5) is 28.2. The standard InChI is InChI=1S/C27H35Cl2N3O6S/c1-5-18(3)30-27(34)23(6-2)31(16-19-9-10-20(28)14-22(19)29)26(33)8-7-13-32(39(4,35)36)21-11-12-24-25(15-21)38-17-37-24/h9-12,14-15,18,23H,5-8,13,16-17H2,1-4H3,(H,30,34). The van der Waals surface area contributed by atoms with Crippen LogP contribution >= 0.6 is 23.2 Å². The number of sulfonamides is 1. The second-order valence-electron chi connectivity index (χ2n) is 9.48. The van der Waals surface area contributed by atoms with Crippen LogP contribution in [0.1, 0.15) is 52.0 Å². The fourth-order valence-electron chi connectivity index (χ4n) is 4.24. The van der Waals surface area contributed by atoms with Gasteiger partial charge in [-0.05, 0) is 56.0 Å². The number of benzene rings is 2. The van der Waals surface area contributed by atoms with Crippen LogP contribution in [0.2, 0.25) is 10.0 Å². The first-order valence-corrected chi connectivity index (χ1v) is 15.5. The monoisotopic (exact) mass is 599 g/mol. The second kappa shape index (κ2) is 13.6. The van der Waals surface area contributed by atoms with Gasteiger partial charge in [0.25, 0.3) is 0 Å². The molecular formula is C27H35Cl2N3O6S. The third kappa shape index (κ3) is 8.16. The fraction of sp³-hybridized carbons (Fsp3) is 0.481. The van der Waals surface area contributed by atoms with Crippen LogP contribution in [-0.4, -0.2) is 56.8 Å². The molecule has 0 radical (unpaired) electrons.